The van der Waals surface area contributed by atoms with Crippen LogP contribution in [0.5, 0.6) is 0 Å². The van der Waals surface area contributed by atoms with Crippen molar-refractivity contribution in [1.29, 1.82) is 0 Å². The van der Waals surface area contributed by atoms with Crippen molar-refractivity contribution >= 4 is 23.4 Å². The molecule has 19 heavy (non-hydrogen) atoms. The van der Waals surface area contributed by atoms with Gasteiger partial charge >= 0.3 is 0 Å². The lowest BCUT2D eigenvalue weighted by Crippen LogP contribution is -2.21. The summed E-state index contributed by atoms with van der Waals surface area (Å²) in [4.78, 5) is 14.1. The van der Waals surface area contributed by atoms with Gasteiger partial charge in [0.05, 0.1) is 11.3 Å². The smallest absolute Gasteiger partial charge is 0.275 e. The molecule has 1 aliphatic rings. The van der Waals surface area contributed by atoms with Crippen molar-refractivity contribution in [2.75, 3.05) is 25.5 Å². The van der Waals surface area contributed by atoms with Gasteiger partial charge in [-0.1, -0.05) is 12.1 Å². The maximum Gasteiger partial charge on any atom is 0.275 e. The van der Waals surface area contributed by atoms with E-state index in [1.165, 1.54) is 5.01 Å². The molecule has 0 radical (unpaired) electrons. The number of benzene rings is 1. The predicted octanol–water partition coefficient (Wildman–Crippen LogP) is 2.37. The van der Waals surface area contributed by atoms with Gasteiger partial charge < -0.3 is 4.90 Å². The summed E-state index contributed by atoms with van der Waals surface area (Å²) >= 11 is 0. The van der Waals surface area contributed by atoms with E-state index in [-0.39, 0.29) is 5.91 Å². The molecule has 1 aliphatic heterocycles. The van der Waals surface area contributed by atoms with Gasteiger partial charge in [0.25, 0.3) is 5.91 Å². The molecule has 4 heteroatoms. The number of carbonyl (C=O) groups excluding carboxylic acids is 1. The first-order chi connectivity index (χ1) is 9.02. The summed E-state index contributed by atoms with van der Waals surface area (Å²) in [5.41, 5.74) is 3.62. The van der Waals surface area contributed by atoms with Gasteiger partial charge in [-0.25, -0.2) is 5.01 Å². The molecule has 100 valence electrons. The molecule has 0 saturated carbocycles. The van der Waals surface area contributed by atoms with Crippen LogP contribution in [-0.4, -0.2) is 37.3 Å². The molecule has 1 heterocycles. The summed E-state index contributed by atoms with van der Waals surface area (Å²) in [6, 6.07) is 8.10. The molecule has 1 aromatic carbocycles. The molecule has 0 aromatic heterocycles. The zero-order valence-electron chi connectivity index (χ0n) is 11.8. The number of hydrogen-bond acceptors (Lipinski definition) is 3. The summed E-state index contributed by atoms with van der Waals surface area (Å²) in [6.45, 7) is 4.39. The van der Waals surface area contributed by atoms with E-state index in [9.17, 15) is 4.79 Å². The van der Waals surface area contributed by atoms with Gasteiger partial charge in [0.15, 0.2) is 0 Å². The second kappa shape index (κ2) is 5.26. The largest absolute Gasteiger partial charge is 0.378 e. The molecule has 0 spiro atoms. The lowest BCUT2D eigenvalue weighted by molar-refractivity contribution is -0.125. The SMILES string of the molecule is CCN1N=C(C)/C(=C\c2ccc(N(C)C)cc2)C1=O. The Morgan fingerprint density at radius 3 is 2.37 bits per heavy atom. The molecule has 0 aliphatic carbocycles. The third-order valence-corrected chi connectivity index (χ3v) is 3.15. The molecule has 0 bridgehead atoms. The Bertz CT molecular complexity index is 541. The van der Waals surface area contributed by atoms with Crippen LogP contribution in [0.2, 0.25) is 0 Å². The summed E-state index contributed by atoms with van der Waals surface area (Å²) in [7, 11) is 4.01. The topological polar surface area (TPSA) is 35.9 Å². The van der Waals surface area contributed by atoms with Crippen molar-refractivity contribution in [1.82, 2.24) is 5.01 Å². The first kappa shape index (κ1) is 13.3. The highest BCUT2D eigenvalue weighted by Crippen LogP contribution is 2.19. The molecule has 1 aromatic rings. The number of anilines is 1. The zero-order chi connectivity index (χ0) is 14.0. The molecule has 0 N–H and O–H groups in total. The van der Waals surface area contributed by atoms with Crippen LogP contribution in [0.25, 0.3) is 6.08 Å². The van der Waals surface area contributed by atoms with Crippen LogP contribution in [0.3, 0.4) is 0 Å². The molecule has 0 saturated heterocycles. The van der Waals surface area contributed by atoms with E-state index in [4.69, 9.17) is 0 Å². The van der Waals surface area contributed by atoms with Gasteiger partial charge in [0.2, 0.25) is 0 Å². The minimum absolute atomic E-state index is 0.0170. The Morgan fingerprint density at radius 2 is 1.89 bits per heavy atom. The maximum atomic E-state index is 12.1. The highest BCUT2D eigenvalue weighted by atomic mass is 16.2. The standard InChI is InChI=1S/C15H19N3O/c1-5-18-15(19)14(11(2)16-18)10-12-6-8-13(9-7-12)17(3)4/h6-10H,5H2,1-4H3/b14-10+. The first-order valence-electron chi connectivity index (χ1n) is 6.39. The molecule has 2 rings (SSSR count). The van der Waals surface area contributed by atoms with Crippen LogP contribution in [0.1, 0.15) is 19.4 Å². The van der Waals surface area contributed by atoms with Crippen LogP contribution >= 0.6 is 0 Å². The van der Waals surface area contributed by atoms with Crippen molar-refractivity contribution in [3.05, 3.63) is 35.4 Å². The van der Waals surface area contributed by atoms with E-state index in [1.54, 1.807) is 0 Å². The molecular weight excluding hydrogens is 238 g/mol. The first-order valence-corrected chi connectivity index (χ1v) is 6.39. The normalized spacial score (nSPS) is 17.1. The van der Waals surface area contributed by atoms with Crippen LogP contribution in [0.4, 0.5) is 5.69 Å². The van der Waals surface area contributed by atoms with E-state index >= 15 is 0 Å². The lowest BCUT2D eigenvalue weighted by Gasteiger charge is -2.12. The lowest BCUT2D eigenvalue weighted by atomic mass is 10.1. The van der Waals surface area contributed by atoms with E-state index in [1.807, 2.05) is 63.2 Å². The van der Waals surface area contributed by atoms with Crippen LogP contribution < -0.4 is 4.90 Å². The second-order valence-corrected chi connectivity index (χ2v) is 4.75. The minimum Gasteiger partial charge on any atom is -0.378 e. The highest BCUT2D eigenvalue weighted by Gasteiger charge is 2.25. The van der Waals surface area contributed by atoms with E-state index in [2.05, 4.69) is 5.10 Å². The summed E-state index contributed by atoms with van der Waals surface area (Å²) < 4.78 is 0. The van der Waals surface area contributed by atoms with Gasteiger partial charge in [-0.2, -0.15) is 5.10 Å². The number of likely N-dealkylation sites (N-methyl/N-ethyl adjacent to an activating group) is 1. The van der Waals surface area contributed by atoms with Gasteiger partial charge in [-0.05, 0) is 37.6 Å². The van der Waals surface area contributed by atoms with Gasteiger partial charge in [-0.3, -0.25) is 4.79 Å². The number of nitrogens with zero attached hydrogens (tertiary/aromatic N) is 3. The fraction of sp³-hybridized carbons (Fsp3) is 0.333. The third kappa shape index (κ3) is 2.67. The quantitative estimate of drug-likeness (QED) is 0.779. The van der Waals surface area contributed by atoms with Gasteiger partial charge in [0, 0.05) is 26.3 Å². The van der Waals surface area contributed by atoms with Crippen molar-refractivity contribution < 1.29 is 4.79 Å². The highest BCUT2D eigenvalue weighted by molar-refractivity contribution is 6.26. The predicted molar refractivity (Wildman–Crippen MR) is 79.2 cm³/mol. The van der Waals surface area contributed by atoms with Crippen molar-refractivity contribution in [2.24, 2.45) is 5.10 Å². The molecular formula is C15H19N3O. The monoisotopic (exact) mass is 257 g/mol. The van der Waals surface area contributed by atoms with E-state index in [0.717, 1.165) is 17.0 Å². The summed E-state index contributed by atoms with van der Waals surface area (Å²) in [5.74, 6) is -0.0170. The number of rotatable bonds is 3. The number of amides is 1. The Kier molecular flexibility index (Phi) is 3.69. The van der Waals surface area contributed by atoms with Crippen molar-refractivity contribution in [3.8, 4) is 0 Å². The number of hydrazone groups is 1. The van der Waals surface area contributed by atoms with Crippen molar-refractivity contribution in [3.63, 3.8) is 0 Å². The molecule has 0 atom stereocenters. The zero-order valence-corrected chi connectivity index (χ0v) is 11.8. The van der Waals surface area contributed by atoms with Crippen LogP contribution in [-0.2, 0) is 4.79 Å². The average Bonchev–Trinajstić information content (AvgIpc) is 2.67. The fourth-order valence-electron chi connectivity index (χ4n) is 1.99. The van der Waals surface area contributed by atoms with E-state index < -0.39 is 0 Å². The molecule has 0 fully saturated rings. The third-order valence-electron chi connectivity index (χ3n) is 3.15. The summed E-state index contributed by atoms with van der Waals surface area (Å²) in [5, 5.41) is 5.73. The number of hydrogen-bond donors (Lipinski definition) is 0. The van der Waals surface area contributed by atoms with E-state index in [0.29, 0.717) is 12.1 Å². The Balaban J connectivity index is 2.27. The Hall–Kier alpha value is -2.10. The second-order valence-electron chi connectivity index (χ2n) is 4.75. The summed E-state index contributed by atoms with van der Waals surface area (Å²) in [6.07, 6.45) is 1.90. The van der Waals surface area contributed by atoms with Crippen molar-refractivity contribution in [2.45, 2.75) is 13.8 Å². The number of carbonyl (C=O) groups is 1. The Labute approximate surface area is 114 Å². The molecule has 1 amide bonds. The minimum atomic E-state index is -0.0170. The van der Waals surface area contributed by atoms with Crippen LogP contribution in [0.15, 0.2) is 34.9 Å². The fourth-order valence-corrected chi connectivity index (χ4v) is 1.99. The average molecular weight is 257 g/mol. The maximum absolute atomic E-state index is 12.1. The van der Waals surface area contributed by atoms with Gasteiger partial charge in [-0.15, -0.1) is 0 Å². The molecule has 4 nitrogen and oxygen atoms in total. The van der Waals surface area contributed by atoms with Gasteiger partial charge in [0.1, 0.15) is 0 Å². The van der Waals surface area contributed by atoms with Crippen LogP contribution in [0, 0.1) is 0 Å². The Morgan fingerprint density at radius 1 is 1.26 bits per heavy atom. The molecule has 0 unspecified atom stereocenters.